The Hall–Kier alpha value is -3.84. The number of rotatable bonds is 6. The topological polar surface area (TPSA) is 74.2 Å². The Morgan fingerprint density at radius 2 is 2.00 bits per heavy atom. The van der Waals surface area contributed by atoms with Gasteiger partial charge in [-0.05, 0) is 35.9 Å². The summed E-state index contributed by atoms with van der Waals surface area (Å²) in [4.78, 5) is 12.2. The molecule has 0 bridgehead atoms. The molecule has 0 spiro atoms. The average Bonchev–Trinajstić information content (AvgIpc) is 2.82. The van der Waals surface area contributed by atoms with Crippen molar-refractivity contribution in [3.63, 3.8) is 0 Å². The number of phenols is 1. The second-order valence-electron chi connectivity index (χ2n) is 7.10. The maximum Gasteiger partial charge on any atom is 0.331 e. The van der Waals surface area contributed by atoms with E-state index in [2.05, 4.69) is 0 Å². The minimum absolute atomic E-state index is 0.000825. The van der Waals surface area contributed by atoms with Crippen molar-refractivity contribution in [3.8, 4) is 17.2 Å². The van der Waals surface area contributed by atoms with E-state index in [1.807, 2.05) is 30.3 Å². The molecule has 1 atom stereocenters. The molecular formula is C25H21FO6. The molecular weight excluding hydrogens is 415 g/mol. The largest absolute Gasteiger partial charge is 0.504 e. The molecule has 1 N–H and O–H groups in total. The van der Waals surface area contributed by atoms with Crippen LogP contribution in [0.15, 0.2) is 66.7 Å². The number of benzene rings is 3. The molecule has 0 fully saturated rings. The first-order valence-corrected chi connectivity index (χ1v) is 9.90. The van der Waals surface area contributed by atoms with Gasteiger partial charge in [-0.1, -0.05) is 36.4 Å². The van der Waals surface area contributed by atoms with E-state index < -0.39 is 18.1 Å². The molecule has 6 nitrogen and oxygen atoms in total. The first-order valence-electron chi connectivity index (χ1n) is 9.90. The molecule has 0 amide bonds. The zero-order valence-corrected chi connectivity index (χ0v) is 17.3. The van der Waals surface area contributed by atoms with E-state index in [9.17, 15) is 14.3 Å². The quantitative estimate of drug-likeness (QED) is 0.438. The van der Waals surface area contributed by atoms with E-state index in [1.54, 1.807) is 12.1 Å². The van der Waals surface area contributed by atoms with Gasteiger partial charge < -0.3 is 24.1 Å². The highest BCUT2D eigenvalue weighted by atomic mass is 19.1. The summed E-state index contributed by atoms with van der Waals surface area (Å²) in [6, 6.07) is 16.7. The van der Waals surface area contributed by atoms with Crippen molar-refractivity contribution in [1.82, 2.24) is 0 Å². The number of carbonyl (C=O) groups excluding carboxylic acids is 1. The summed E-state index contributed by atoms with van der Waals surface area (Å²) in [5.74, 6) is -0.333. The van der Waals surface area contributed by atoms with Crippen molar-refractivity contribution in [2.45, 2.75) is 19.5 Å². The van der Waals surface area contributed by atoms with Crippen LogP contribution < -0.4 is 9.47 Å². The Morgan fingerprint density at radius 3 is 2.78 bits per heavy atom. The number of fused-ring (bicyclic) bond motifs is 1. The van der Waals surface area contributed by atoms with Crippen LogP contribution in [0.4, 0.5) is 4.39 Å². The Bertz CT molecular complexity index is 1140. The lowest BCUT2D eigenvalue weighted by molar-refractivity contribution is -0.139. The third-order valence-corrected chi connectivity index (χ3v) is 4.88. The number of phenolic OH excluding ortho intramolecular Hbond substituents is 1. The van der Waals surface area contributed by atoms with Gasteiger partial charge >= 0.3 is 5.97 Å². The molecule has 0 saturated carbocycles. The van der Waals surface area contributed by atoms with E-state index in [0.29, 0.717) is 28.2 Å². The van der Waals surface area contributed by atoms with Crippen LogP contribution in [-0.4, -0.2) is 18.2 Å². The summed E-state index contributed by atoms with van der Waals surface area (Å²) < 4.78 is 36.1. The molecule has 1 unspecified atom stereocenters. The fourth-order valence-electron chi connectivity index (χ4n) is 3.32. The third-order valence-electron chi connectivity index (χ3n) is 4.88. The molecule has 0 aliphatic carbocycles. The normalized spacial score (nSPS) is 15.1. The molecule has 7 heteroatoms. The third kappa shape index (κ3) is 4.90. The first kappa shape index (κ1) is 21.4. The number of halogens is 1. The molecule has 164 valence electrons. The van der Waals surface area contributed by atoms with Gasteiger partial charge in [0, 0.05) is 22.8 Å². The molecule has 1 heterocycles. The lowest BCUT2D eigenvalue weighted by Crippen LogP contribution is -2.19. The van der Waals surface area contributed by atoms with E-state index in [4.69, 9.17) is 18.9 Å². The summed E-state index contributed by atoms with van der Waals surface area (Å²) in [5, 5.41) is 9.64. The summed E-state index contributed by atoms with van der Waals surface area (Å²) in [5.41, 5.74) is 2.44. The fourth-order valence-corrected chi connectivity index (χ4v) is 3.32. The molecule has 0 radical (unpaired) electrons. The number of esters is 1. The molecule has 3 aromatic carbocycles. The Morgan fingerprint density at radius 1 is 1.19 bits per heavy atom. The minimum atomic E-state index is -0.631. The molecule has 0 aromatic heterocycles. The molecule has 4 rings (SSSR count). The van der Waals surface area contributed by atoms with Crippen LogP contribution in [0.5, 0.6) is 17.2 Å². The van der Waals surface area contributed by atoms with Crippen LogP contribution in [-0.2, 0) is 27.5 Å². The summed E-state index contributed by atoms with van der Waals surface area (Å²) >= 11 is 0. The second kappa shape index (κ2) is 9.53. The number of aromatic hydroxyl groups is 1. The number of ether oxygens (including phenoxy) is 4. The van der Waals surface area contributed by atoms with Gasteiger partial charge in [0.25, 0.3) is 0 Å². The minimum Gasteiger partial charge on any atom is -0.504 e. The predicted octanol–water partition coefficient (Wildman–Crippen LogP) is 4.90. The highest BCUT2D eigenvalue weighted by Gasteiger charge is 2.25. The first-order chi connectivity index (χ1) is 15.5. The van der Waals surface area contributed by atoms with Crippen LogP contribution in [0, 0.1) is 5.82 Å². The van der Waals surface area contributed by atoms with Crippen LogP contribution in [0.3, 0.4) is 0 Å². The maximum absolute atomic E-state index is 14.1. The zero-order valence-electron chi connectivity index (χ0n) is 17.3. The van der Waals surface area contributed by atoms with Crippen molar-refractivity contribution >= 4 is 12.0 Å². The van der Waals surface area contributed by atoms with Gasteiger partial charge in [0.15, 0.2) is 11.5 Å². The van der Waals surface area contributed by atoms with Crippen LogP contribution in [0.25, 0.3) is 6.08 Å². The summed E-state index contributed by atoms with van der Waals surface area (Å²) in [6.07, 6.45) is 2.14. The highest BCUT2D eigenvalue weighted by molar-refractivity contribution is 5.87. The summed E-state index contributed by atoms with van der Waals surface area (Å²) in [6.45, 7) is 0.0138. The standard InChI is InChI=1S/C25H21FO6/c1-29-22-11-16(7-9-21(22)27)8-10-23(28)30-14-18-12-20(26)13-19-15-31-25(32-24(18)19)17-5-3-2-4-6-17/h2-13,25,27H,14-15H2,1H3/b10-8+. The highest BCUT2D eigenvalue weighted by Crippen LogP contribution is 2.37. The number of methoxy groups -OCH3 is 1. The number of carbonyl (C=O) groups is 1. The van der Waals surface area contributed by atoms with Gasteiger partial charge in [-0.25, -0.2) is 9.18 Å². The Kier molecular flexibility index (Phi) is 6.37. The van der Waals surface area contributed by atoms with Gasteiger partial charge in [0.05, 0.1) is 13.7 Å². The molecule has 1 aliphatic rings. The van der Waals surface area contributed by atoms with Crippen molar-refractivity contribution in [3.05, 3.63) is 94.8 Å². The second-order valence-corrected chi connectivity index (χ2v) is 7.10. The Balaban J connectivity index is 1.46. The predicted molar refractivity (Wildman–Crippen MR) is 114 cm³/mol. The van der Waals surface area contributed by atoms with E-state index in [0.717, 1.165) is 5.56 Å². The SMILES string of the molecule is COc1cc(/C=C/C(=O)OCc2cc(F)cc3c2OC(c2ccccc2)OC3)ccc1O. The smallest absolute Gasteiger partial charge is 0.331 e. The van der Waals surface area contributed by atoms with Gasteiger partial charge in [0.1, 0.15) is 18.2 Å². The molecule has 3 aromatic rings. The maximum atomic E-state index is 14.1. The van der Waals surface area contributed by atoms with Crippen LogP contribution in [0.1, 0.15) is 28.5 Å². The van der Waals surface area contributed by atoms with Gasteiger partial charge in [-0.3, -0.25) is 0 Å². The monoisotopic (exact) mass is 436 g/mol. The lowest BCUT2D eigenvalue weighted by Gasteiger charge is -2.28. The van der Waals surface area contributed by atoms with Crippen LogP contribution in [0.2, 0.25) is 0 Å². The van der Waals surface area contributed by atoms with E-state index in [-0.39, 0.29) is 19.0 Å². The molecule has 32 heavy (non-hydrogen) atoms. The zero-order chi connectivity index (χ0) is 22.5. The Labute approximate surface area is 184 Å². The summed E-state index contributed by atoms with van der Waals surface area (Å²) in [7, 11) is 1.44. The van der Waals surface area contributed by atoms with Gasteiger partial charge in [-0.2, -0.15) is 0 Å². The average molecular weight is 436 g/mol. The van der Waals surface area contributed by atoms with Crippen molar-refractivity contribution < 1.29 is 33.2 Å². The van der Waals surface area contributed by atoms with Gasteiger partial charge in [-0.15, -0.1) is 0 Å². The van der Waals surface area contributed by atoms with Crippen molar-refractivity contribution in [2.24, 2.45) is 0 Å². The fraction of sp³-hybridized carbons (Fsp3) is 0.160. The van der Waals surface area contributed by atoms with E-state index in [1.165, 1.54) is 37.5 Å². The molecule has 1 aliphatic heterocycles. The van der Waals surface area contributed by atoms with Crippen molar-refractivity contribution in [2.75, 3.05) is 7.11 Å². The number of hydrogen-bond acceptors (Lipinski definition) is 6. The number of hydrogen-bond donors (Lipinski definition) is 1. The van der Waals surface area contributed by atoms with Crippen LogP contribution >= 0.6 is 0 Å². The van der Waals surface area contributed by atoms with E-state index >= 15 is 0 Å². The van der Waals surface area contributed by atoms with Gasteiger partial charge in [0.2, 0.25) is 6.29 Å². The lowest BCUT2D eigenvalue weighted by atomic mass is 10.1. The van der Waals surface area contributed by atoms with Crippen molar-refractivity contribution in [1.29, 1.82) is 0 Å². The molecule has 0 saturated heterocycles.